The summed E-state index contributed by atoms with van der Waals surface area (Å²) in [5, 5.41) is 5.89. The maximum atomic E-state index is 7.06. The van der Waals surface area contributed by atoms with Gasteiger partial charge in [0.05, 0.1) is 10.8 Å². The highest BCUT2D eigenvalue weighted by Gasteiger charge is 2.48. The van der Waals surface area contributed by atoms with Gasteiger partial charge in [-0.3, -0.25) is 0 Å². The molecule has 0 aliphatic heterocycles. The summed E-state index contributed by atoms with van der Waals surface area (Å²) >= 11 is 0. The minimum atomic E-state index is -0.573. The van der Waals surface area contributed by atoms with Gasteiger partial charge >= 0.3 is 0 Å². The van der Waals surface area contributed by atoms with Gasteiger partial charge in [0.2, 0.25) is 0 Å². The molecule has 0 atom stereocenters. The second kappa shape index (κ2) is 23.0. The van der Waals surface area contributed by atoms with E-state index < -0.39 is 10.8 Å². The molecule has 0 N–H and O–H groups in total. The van der Waals surface area contributed by atoms with E-state index in [0.717, 1.165) is 111 Å². The van der Waals surface area contributed by atoms with Crippen LogP contribution in [0.25, 0.3) is 110 Å². The van der Waals surface area contributed by atoms with Crippen LogP contribution in [0.3, 0.4) is 0 Å². The maximum Gasteiger partial charge on any atom is 0.137 e. The van der Waals surface area contributed by atoms with Gasteiger partial charge in [0.15, 0.2) is 0 Å². The quantitative estimate of drug-likeness (QED) is 0.122. The van der Waals surface area contributed by atoms with Gasteiger partial charge in [-0.2, -0.15) is 0 Å². The number of hydrogen-bond donors (Lipinski definition) is 0. The molecule has 0 unspecified atom stereocenters. The second-order valence-electron chi connectivity index (χ2n) is 27.4. The number of rotatable bonds is 12. The third kappa shape index (κ3) is 8.92. The monoisotopic (exact) mass is 1310 g/mol. The zero-order valence-corrected chi connectivity index (χ0v) is 55.9. The zero-order chi connectivity index (χ0) is 67.7. The minimum Gasteiger partial charge on any atom is -0.456 e. The van der Waals surface area contributed by atoms with Gasteiger partial charge in [0.25, 0.3) is 0 Å². The van der Waals surface area contributed by atoms with Crippen molar-refractivity contribution in [3.05, 3.63) is 421 Å². The summed E-state index contributed by atoms with van der Waals surface area (Å²) in [6, 6.07) is 137. The number of anilines is 6. The number of nitrogens with zero attached hydrogens (tertiary/aromatic N) is 2. The van der Waals surface area contributed by atoms with Crippen LogP contribution in [0.15, 0.2) is 389 Å². The smallest absolute Gasteiger partial charge is 0.137 e. The fraction of sp³-hybridized carbons (Fsp3) is 0.0204. The Hall–Kier alpha value is -13.5. The molecule has 482 valence electrons. The molecular weight excluding hydrogens is 1250 g/mol. The average Bonchev–Trinajstić information content (AvgIpc) is 1.51. The summed E-state index contributed by atoms with van der Waals surface area (Å²) in [6.45, 7) is 0. The van der Waals surface area contributed by atoms with Crippen LogP contribution < -0.4 is 9.80 Å². The number of furan rings is 3. The first-order chi connectivity index (χ1) is 51.0. The highest BCUT2D eigenvalue weighted by atomic mass is 16.3. The second-order valence-corrected chi connectivity index (χ2v) is 27.4. The van der Waals surface area contributed by atoms with E-state index in [0.29, 0.717) is 0 Å². The molecule has 5 heteroatoms. The molecule has 0 amide bonds. The van der Waals surface area contributed by atoms with Crippen molar-refractivity contribution in [2.75, 3.05) is 9.80 Å². The average molecular weight is 1320 g/mol. The van der Waals surface area contributed by atoms with E-state index in [4.69, 9.17) is 13.3 Å². The molecule has 21 rings (SSSR count). The minimum absolute atomic E-state index is 0.573. The van der Waals surface area contributed by atoms with Crippen molar-refractivity contribution in [1.82, 2.24) is 0 Å². The standard InChI is InChI=1S/C98H62N2O3/c1-7-23-63(24-8-1)65-39-43-71(44-40-65)99(73-47-51-79-77-35-19-21-37-87(77)97(89(79)55-73,67-27-11-3-12-28-67)68-29-13-4-14-30-68)75-49-53-81-83-59-95-85(61-93(83)101-91(81)57-75)86-62-94-84(60-96(86)103-95)82-54-50-76(58-92(82)102-94)100(72-45-41-66(42-46-72)64-25-9-2-10-26-64)74-48-52-80-78-36-20-22-38-88(78)98(90(80)56-74,69-31-15-5-16-32-69)70-33-17-6-18-34-70/h1-62H. The SMILES string of the molecule is c1ccc(-c2ccc(N(c3ccc4c(c3)C(c3ccccc3)(c3ccccc3)c3ccccc3-4)c3ccc4c(c3)oc3cc5c(cc34)oc3cc4c(cc35)oc3cc(N(c5ccc(-c6ccccc6)cc5)c5ccc6c(c5)C(c5ccccc5)(c5ccccc5)c5ccccc5-6)ccc34)cc2)cc1. The maximum absolute atomic E-state index is 7.06. The van der Waals surface area contributed by atoms with Crippen LogP contribution in [0.1, 0.15) is 44.5 Å². The number of hydrogen-bond acceptors (Lipinski definition) is 5. The van der Waals surface area contributed by atoms with Crippen molar-refractivity contribution in [2.45, 2.75) is 10.8 Å². The molecule has 19 aromatic rings. The van der Waals surface area contributed by atoms with Crippen LogP contribution in [0.2, 0.25) is 0 Å². The van der Waals surface area contributed by atoms with E-state index in [-0.39, 0.29) is 0 Å². The topological polar surface area (TPSA) is 45.9 Å². The third-order valence-electron chi connectivity index (χ3n) is 22.0. The molecule has 2 aliphatic rings. The molecule has 0 saturated carbocycles. The molecule has 3 aromatic heterocycles. The third-order valence-corrected chi connectivity index (χ3v) is 22.0. The first-order valence-corrected chi connectivity index (χ1v) is 35.3. The Balaban J connectivity index is 0.681. The van der Waals surface area contributed by atoms with Gasteiger partial charge in [-0.15, -0.1) is 0 Å². The van der Waals surface area contributed by atoms with E-state index >= 15 is 0 Å². The molecule has 2 aliphatic carbocycles. The van der Waals surface area contributed by atoms with Crippen LogP contribution in [-0.2, 0) is 10.8 Å². The molecule has 5 nitrogen and oxygen atoms in total. The Morgan fingerprint density at radius 1 is 0.175 bits per heavy atom. The summed E-state index contributed by atoms with van der Waals surface area (Å²) in [5.74, 6) is 0. The Bertz CT molecular complexity index is 6040. The Morgan fingerprint density at radius 2 is 0.427 bits per heavy atom. The van der Waals surface area contributed by atoms with E-state index in [1.807, 2.05) is 0 Å². The van der Waals surface area contributed by atoms with Gasteiger partial charge in [-0.25, -0.2) is 0 Å². The van der Waals surface area contributed by atoms with Gasteiger partial charge in [0, 0.05) is 78.6 Å². The highest BCUT2D eigenvalue weighted by molar-refractivity contribution is 6.19. The van der Waals surface area contributed by atoms with Crippen LogP contribution >= 0.6 is 0 Å². The molecular formula is C98H62N2O3. The lowest BCUT2D eigenvalue weighted by Crippen LogP contribution is -2.28. The summed E-state index contributed by atoms with van der Waals surface area (Å²) < 4.78 is 21.0. The molecule has 0 spiro atoms. The van der Waals surface area contributed by atoms with Crippen molar-refractivity contribution >= 4 is 99.9 Å². The first-order valence-electron chi connectivity index (χ1n) is 35.3. The normalized spacial score (nSPS) is 13.2. The number of fused-ring (bicyclic) bond motifs is 15. The van der Waals surface area contributed by atoms with E-state index in [9.17, 15) is 0 Å². The van der Waals surface area contributed by atoms with E-state index in [1.54, 1.807) is 0 Å². The van der Waals surface area contributed by atoms with Crippen molar-refractivity contribution in [3.8, 4) is 44.5 Å². The van der Waals surface area contributed by atoms with Gasteiger partial charge in [-0.05, 0) is 186 Å². The van der Waals surface area contributed by atoms with Crippen LogP contribution in [-0.4, -0.2) is 0 Å². The van der Waals surface area contributed by atoms with Crippen molar-refractivity contribution < 1.29 is 13.3 Å². The van der Waals surface area contributed by atoms with Gasteiger partial charge in [-0.1, -0.05) is 267 Å². The molecule has 16 aromatic carbocycles. The van der Waals surface area contributed by atoms with Gasteiger partial charge < -0.3 is 23.1 Å². The predicted octanol–water partition coefficient (Wildman–Crippen LogP) is 26.4. The van der Waals surface area contributed by atoms with Crippen LogP contribution in [0.5, 0.6) is 0 Å². The Morgan fingerprint density at radius 3 is 0.777 bits per heavy atom. The van der Waals surface area contributed by atoms with E-state index in [1.165, 1.54) is 77.9 Å². The zero-order valence-electron chi connectivity index (χ0n) is 55.9. The largest absolute Gasteiger partial charge is 0.456 e. The summed E-state index contributed by atoms with van der Waals surface area (Å²) in [6.07, 6.45) is 0. The Kier molecular flexibility index (Phi) is 13.1. The van der Waals surface area contributed by atoms with Crippen LogP contribution in [0.4, 0.5) is 34.1 Å². The molecule has 103 heavy (non-hydrogen) atoms. The Labute approximate surface area is 595 Å². The molecule has 0 fully saturated rings. The molecule has 3 heterocycles. The fourth-order valence-electron chi connectivity index (χ4n) is 17.5. The van der Waals surface area contributed by atoms with Crippen LogP contribution in [0, 0.1) is 0 Å². The van der Waals surface area contributed by atoms with E-state index in [2.05, 4.69) is 386 Å². The van der Waals surface area contributed by atoms with Crippen molar-refractivity contribution in [3.63, 3.8) is 0 Å². The summed E-state index contributed by atoms with van der Waals surface area (Å²) in [7, 11) is 0. The molecule has 0 radical (unpaired) electrons. The summed E-state index contributed by atoms with van der Waals surface area (Å²) in [5.41, 5.74) is 29.1. The van der Waals surface area contributed by atoms with Crippen molar-refractivity contribution in [2.24, 2.45) is 0 Å². The molecule has 0 saturated heterocycles. The fourth-order valence-corrected chi connectivity index (χ4v) is 17.5. The molecule has 0 bridgehead atoms. The summed E-state index contributed by atoms with van der Waals surface area (Å²) in [4.78, 5) is 4.75. The lowest BCUT2D eigenvalue weighted by Gasteiger charge is -2.35. The van der Waals surface area contributed by atoms with Gasteiger partial charge in [0.1, 0.15) is 33.5 Å². The first kappa shape index (κ1) is 58.5. The highest BCUT2D eigenvalue weighted by Crippen LogP contribution is 2.60. The lowest BCUT2D eigenvalue weighted by molar-refractivity contribution is 0.662. The number of benzene rings is 16. The lowest BCUT2D eigenvalue weighted by atomic mass is 9.67. The predicted molar refractivity (Wildman–Crippen MR) is 423 cm³/mol. The van der Waals surface area contributed by atoms with Crippen molar-refractivity contribution in [1.29, 1.82) is 0 Å².